The third-order valence-corrected chi connectivity index (χ3v) is 5.61. The number of nitrogens with one attached hydrogen (secondary N) is 1. The summed E-state index contributed by atoms with van der Waals surface area (Å²) in [6.07, 6.45) is 0. The van der Waals surface area contributed by atoms with E-state index < -0.39 is 22.0 Å². The highest BCUT2D eigenvalue weighted by molar-refractivity contribution is 7.89. The van der Waals surface area contributed by atoms with Crippen LogP contribution < -0.4 is 10.1 Å². The van der Waals surface area contributed by atoms with E-state index in [0.29, 0.717) is 5.56 Å². The number of sulfonamides is 1. The van der Waals surface area contributed by atoms with Gasteiger partial charge in [0.15, 0.2) is 0 Å². The van der Waals surface area contributed by atoms with E-state index in [9.17, 15) is 23.1 Å². The van der Waals surface area contributed by atoms with Gasteiger partial charge in [0.1, 0.15) is 16.7 Å². The first kappa shape index (κ1) is 21.9. The highest BCUT2D eigenvalue weighted by Gasteiger charge is 2.34. The van der Waals surface area contributed by atoms with Crippen LogP contribution in [0.1, 0.15) is 19.4 Å². The third-order valence-electron chi connectivity index (χ3n) is 3.62. The molecule has 1 rings (SSSR count). The van der Waals surface area contributed by atoms with Gasteiger partial charge in [-0.05, 0) is 24.6 Å². The van der Waals surface area contributed by atoms with Gasteiger partial charge < -0.3 is 19.9 Å². The number of rotatable bonds is 10. The SMILES string of the molecule is COCc1ccc(OC)c(S(=O)(=O)N(CCNC(C)=O)C(C)C(=O)O)c1. The Labute approximate surface area is 152 Å². The minimum Gasteiger partial charge on any atom is -0.495 e. The third kappa shape index (κ3) is 5.41. The van der Waals surface area contributed by atoms with E-state index in [1.165, 1.54) is 40.2 Å². The zero-order chi connectivity index (χ0) is 19.9. The number of aliphatic carboxylic acids is 1. The molecule has 0 aliphatic rings. The molecule has 0 saturated heterocycles. The molecule has 0 radical (unpaired) electrons. The number of carboxylic acids is 1. The highest BCUT2D eigenvalue weighted by Crippen LogP contribution is 2.29. The van der Waals surface area contributed by atoms with Crippen molar-refractivity contribution < 1.29 is 32.6 Å². The van der Waals surface area contributed by atoms with Crippen molar-refractivity contribution in [2.45, 2.75) is 31.4 Å². The Kier molecular flexibility index (Phi) is 8.00. The quantitative estimate of drug-likeness (QED) is 0.596. The Morgan fingerprint density at radius 1 is 1.31 bits per heavy atom. The van der Waals surface area contributed by atoms with Gasteiger partial charge in [-0.2, -0.15) is 4.31 Å². The number of ether oxygens (including phenoxy) is 2. The summed E-state index contributed by atoms with van der Waals surface area (Å²) >= 11 is 0. The smallest absolute Gasteiger partial charge is 0.321 e. The molecule has 146 valence electrons. The van der Waals surface area contributed by atoms with Crippen LogP contribution >= 0.6 is 0 Å². The molecular formula is C16H24N2O7S. The second-order valence-corrected chi connectivity index (χ2v) is 7.39. The fourth-order valence-corrected chi connectivity index (χ4v) is 4.09. The monoisotopic (exact) mass is 388 g/mol. The number of methoxy groups -OCH3 is 2. The minimum atomic E-state index is -4.21. The van der Waals surface area contributed by atoms with Crippen LogP contribution in [0.2, 0.25) is 0 Å². The lowest BCUT2D eigenvalue weighted by Crippen LogP contribution is -2.46. The topological polar surface area (TPSA) is 122 Å². The molecule has 1 unspecified atom stereocenters. The van der Waals surface area contributed by atoms with Gasteiger partial charge in [-0.15, -0.1) is 0 Å². The maximum atomic E-state index is 13.1. The van der Waals surface area contributed by atoms with Gasteiger partial charge in [0.2, 0.25) is 15.9 Å². The number of carboxylic acid groups (broad SMARTS) is 1. The lowest BCUT2D eigenvalue weighted by molar-refractivity contribution is -0.140. The van der Waals surface area contributed by atoms with Gasteiger partial charge in [-0.25, -0.2) is 8.42 Å². The summed E-state index contributed by atoms with van der Waals surface area (Å²) in [4.78, 5) is 22.3. The van der Waals surface area contributed by atoms with Crippen molar-refractivity contribution in [3.63, 3.8) is 0 Å². The molecular weight excluding hydrogens is 364 g/mol. The van der Waals surface area contributed by atoms with Crippen LogP contribution in [0.15, 0.2) is 23.1 Å². The summed E-state index contributed by atoms with van der Waals surface area (Å²) in [6, 6.07) is 3.20. The average Bonchev–Trinajstić information content (AvgIpc) is 2.57. The molecule has 0 saturated carbocycles. The first-order valence-electron chi connectivity index (χ1n) is 7.80. The van der Waals surface area contributed by atoms with E-state index in [0.717, 1.165) is 4.31 Å². The molecule has 0 aliphatic heterocycles. The zero-order valence-corrected chi connectivity index (χ0v) is 16.0. The number of carbonyl (C=O) groups excluding carboxylic acids is 1. The molecule has 0 fully saturated rings. The van der Waals surface area contributed by atoms with Crippen LogP contribution in [-0.4, -0.2) is 63.1 Å². The molecule has 9 nitrogen and oxygen atoms in total. The molecule has 0 spiro atoms. The van der Waals surface area contributed by atoms with Crippen molar-refractivity contribution in [1.82, 2.24) is 9.62 Å². The zero-order valence-electron chi connectivity index (χ0n) is 15.2. The summed E-state index contributed by atoms with van der Waals surface area (Å²) in [5.41, 5.74) is 0.594. The fraction of sp³-hybridized carbons (Fsp3) is 0.500. The normalized spacial score (nSPS) is 12.7. The molecule has 0 aromatic heterocycles. The van der Waals surface area contributed by atoms with Crippen molar-refractivity contribution >= 4 is 21.9 Å². The van der Waals surface area contributed by atoms with Crippen LogP contribution in [0.3, 0.4) is 0 Å². The Morgan fingerprint density at radius 3 is 2.46 bits per heavy atom. The van der Waals surface area contributed by atoms with Crippen molar-refractivity contribution in [3.8, 4) is 5.75 Å². The molecule has 0 bridgehead atoms. The Balaban J connectivity index is 3.35. The standard InChI is InChI=1S/C16H24N2O7S/c1-11(16(20)21)18(8-7-17-12(2)19)26(22,23)15-9-13(10-24-3)5-6-14(15)25-4/h5-6,9,11H,7-8,10H2,1-4H3,(H,17,19)(H,20,21). The van der Waals surface area contributed by atoms with Gasteiger partial charge >= 0.3 is 5.97 Å². The van der Waals surface area contributed by atoms with E-state index in [1.807, 2.05) is 0 Å². The van der Waals surface area contributed by atoms with E-state index in [1.54, 1.807) is 6.07 Å². The van der Waals surface area contributed by atoms with Gasteiger partial charge in [-0.3, -0.25) is 9.59 Å². The summed E-state index contributed by atoms with van der Waals surface area (Å²) < 4.78 is 37.2. The number of carbonyl (C=O) groups is 2. The molecule has 10 heteroatoms. The largest absolute Gasteiger partial charge is 0.495 e. The van der Waals surface area contributed by atoms with Crippen LogP contribution in [0.4, 0.5) is 0 Å². The molecule has 0 aliphatic carbocycles. The number of nitrogens with zero attached hydrogens (tertiary/aromatic N) is 1. The van der Waals surface area contributed by atoms with Crippen LogP contribution in [0, 0.1) is 0 Å². The Morgan fingerprint density at radius 2 is 1.96 bits per heavy atom. The van der Waals surface area contributed by atoms with Crippen molar-refractivity contribution in [3.05, 3.63) is 23.8 Å². The lowest BCUT2D eigenvalue weighted by atomic mass is 10.2. The van der Waals surface area contributed by atoms with E-state index >= 15 is 0 Å². The first-order chi connectivity index (χ1) is 12.1. The first-order valence-corrected chi connectivity index (χ1v) is 9.24. The van der Waals surface area contributed by atoms with Gasteiger partial charge in [0, 0.05) is 27.1 Å². The molecule has 1 aromatic carbocycles. The lowest BCUT2D eigenvalue weighted by Gasteiger charge is -2.26. The molecule has 1 amide bonds. The summed E-state index contributed by atoms with van der Waals surface area (Å²) in [5.74, 6) is -1.56. The van der Waals surface area contributed by atoms with Gasteiger partial charge in [0.25, 0.3) is 0 Å². The number of benzene rings is 1. The van der Waals surface area contributed by atoms with Crippen molar-refractivity contribution in [2.24, 2.45) is 0 Å². The maximum absolute atomic E-state index is 13.1. The summed E-state index contributed by atoms with van der Waals surface area (Å²) in [5, 5.41) is 11.8. The number of hydrogen-bond donors (Lipinski definition) is 2. The fourth-order valence-electron chi connectivity index (χ4n) is 2.29. The van der Waals surface area contributed by atoms with Crippen LogP contribution in [-0.2, 0) is 31.0 Å². The summed E-state index contributed by atoms with van der Waals surface area (Å²) in [6.45, 7) is 2.52. The van der Waals surface area contributed by atoms with Gasteiger partial charge in [-0.1, -0.05) is 6.07 Å². The predicted molar refractivity (Wildman–Crippen MR) is 93.4 cm³/mol. The Hall–Kier alpha value is -2.17. The molecule has 26 heavy (non-hydrogen) atoms. The molecule has 1 aromatic rings. The predicted octanol–water partition coefficient (Wildman–Crippen LogP) is 0.442. The van der Waals surface area contributed by atoms with E-state index in [4.69, 9.17) is 9.47 Å². The molecule has 1 atom stereocenters. The van der Waals surface area contributed by atoms with Crippen LogP contribution in [0.5, 0.6) is 5.75 Å². The second-order valence-electron chi connectivity index (χ2n) is 5.53. The average molecular weight is 388 g/mol. The van der Waals surface area contributed by atoms with Crippen molar-refractivity contribution in [1.29, 1.82) is 0 Å². The number of amides is 1. The van der Waals surface area contributed by atoms with Crippen LogP contribution in [0.25, 0.3) is 0 Å². The second kappa shape index (κ2) is 9.51. The molecule has 2 N–H and O–H groups in total. The minimum absolute atomic E-state index is 0.0216. The van der Waals surface area contributed by atoms with Gasteiger partial charge in [0.05, 0.1) is 13.7 Å². The number of hydrogen-bond acceptors (Lipinski definition) is 6. The molecule has 0 heterocycles. The Bertz CT molecular complexity index is 749. The maximum Gasteiger partial charge on any atom is 0.321 e. The summed E-state index contributed by atoms with van der Waals surface area (Å²) in [7, 11) is -1.40. The highest BCUT2D eigenvalue weighted by atomic mass is 32.2. The van der Waals surface area contributed by atoms with Crippen molar-refractivity contribution in [2.75, 3.05) is 27.3 Å². The van der Waals surface area contributed by atoms with E-state index in [-0.39, 0.29) is 36.2 Å². The van der Waals surface area contributed by atoms with E-state index in [2.05, 4.69) is 5.32 Å².